The summed E-state index contributed by atoms with van der Waals surface area (Å²) in [6.07, 6.45) is 6.49. The largest absolute Gasteiger partial charge is 0.414 e. The van der Waals surface area contributed by atoms with Crippen molar-refractivity contribution in [3.05, 3.63) is 30.2 Å². The van der Waals surface area contributed by atoms with Crippen LogP contribution in [0.4, 0.5) is 5.82 Å². The van der Waals surface area contributed by atoms with Crippen molar-refractivity contribution >= 4 is 20.0 Å². The van der Waals surface area contributed by atoms with Crippen LogP contribution in [0.15, 0.2) is 24.5 Å². The van der Waals surface area contributed by atoms with E-state index in [2.05, 4.69) is 67.8 Å². The van der Waals surface area contributed by atoms with E-state index in [1.54, 1.807) is 6.20 Å². The molecule has 7 heteroatoms. The molecule has 1 fully saturated rings. The van der Waals surface area contributed by atoms with Gasteiger partial charge in [0.05, 0.1) is 6.20 Å². The number of rotatable bonds is 5. The van der Waals surface area contributed by atoms with E-state index in [0.29, 0.717) is 5.82 Å². The number of aromatic nitrogens is 3. The lowest BCUT2D eigenvalue weighted by molar-refractivity contribution is -0.125. The third-order valence-electron chi connectivity index (χ3n) is 7.23. The fraction of sp³-hybridized carbons (Fsp3) is 0.625. The fourth-order valence-electron chi connectivity index (χ4n) is 4.25. The topological polar surface area (TPSA) is 69.0 Å². The van der Waals surface area contributed by atoms with Crippen molar-refractivity contribution in [2.24, 2.45) is 11.3 Å². The Kier molecular flexibility index (Phi) is 5.41. The van der Waals surface area contributed by atoms with Gasteiger partial charge in [-0.1, -0.05) is 34.6 Å². The Hall–Kier alpha value is -1.99. The number of pyridine rings is 1. The maximum absolute atomic E-state index is 12.8. The third-order valence-corrected chi connectivity index (χ3v) is 11.8. The van der Waals surface area contributed by atoms with Gasteiger partial charge >= 0.3 is 0 Å². The highest BCUT2D eigenvalue weighted by Gasteiger charge is 2.44. The molecule has 0 spiro atoms. The van der Waals surface area contributed by atoms with Crippen LogP contribution in [0.2, 0.25) is 18.1 Å². The molecule has 2 aromatic heterocycles. The first-order valence-electron chi connectivity index (χ1n) is 11.3. The fourth-order valence-corrected chi connectivity index (χ4v) is 5.63. The molecule has 2 aliphatic rings. The molecule has 0 saturated heterocycles. The third kappa shape index (κ3) is 4.48. The predicted octanol–water partition coefficient (Wildman–Crippen LogP) is 5.27. The molecule has 4 rings (SSSR count). The Morgan fingerprint density at radius 1 is 1.29 bits per heavy atom. The first kappa shape index (κ1) is 22.2. The molecule has 0 bridgehead atoms. The molecule has 1 N–H and O–H groups in total. The standard InChI is InChI=1S/C24H36N4O2Si/c1-23(2,3)31(6,7)30-18-10-17(11-18)22(29)27-21-12-16(8-9-25-21)19-14-26-28-15-24(4,5)13-20(19)28/h8-9,12,14,17-18H,10-11,13,15H2,1-7H3,(H,25,27,29)/t17-,18+. The van der Waals surface area contributed by atoms with Crippen molar-refractivity contribution in [1.82, 2.24) is 14.8 Å². The minimum atomic E-state index is -1.79. The number of anilines is 1. The van der Waals surface area contributed by atoms with Gasteiger partial charge in [0.25, 0.3) is 0 Å². The van der Waals surface area contributed by atoms with Gasteiger partial charge in [0.15, 0.2) is 8.32 Å². The van der Waals surface area contributed by atoms with Gasteiger partial charge in [-0.05, 0) is 60.5 Å². The van der Waals surface area contributed by atoms with E-state index in [1.807, 2.05) is 18.3 Å². The second kappa shape index (κ2) is 7.55. The van der Waals surface area contributed by atoms with E-state index >= 15 is 0 Å². The normalized spacial score (nSPS) is 22.7. The molecule has 1 aliphatic carbocycles. The first-order chi connectivity index (χ1) is 14.3. The minimum Gasteiger partial charge on any atom is -0.414 e. The van der Waals surface area contributed by atoms with Crippen LogP contribution in [0.25, 0.3) is 11.1 Å². The highest BCUT2D eigenvalue weighted by Crippen LogP contribution is 2.42. The Balaban J connectivity index is 1.37. The number of carbonyl (C=O) groups excluding carboxylic acids is 1. The van der Waals surface area contributed by atoms with Gasteiger partial charge in [-0.3, -0.25) is 9.48 Å². The minimum absolute atomic E-state index is 0.00131. The number of hydrogen-bond acceptors (Lipinski definition) is 4. The van der Waals surface area contributed by atoms with Crippen LogP contribution in [0.1, 0.15) is 53.2 Å². The number of carbonyl (C=O) groups is 1. The SMILES string of the molecule is CC1(C)Cc2c(-c3ccnc(NC(=O)[C@H]4C[C@@H](O[Si](C)(C)C(C)(C)C)C4)c3)cnn2C1. The zero-order chi connectivity index (χ0) is 22.6. The second-order valence-corrected chi connectivity index (χ2v) is 16.3. The molecule has 3 heterocycles. The Bertz CT molecular complexity index is 984. The average Bonchev–Trinajstić information content (AvgIpc) is 3.11. The monoisotopic (exact) mass is 440 g/mol. The quantitative estimate of drug-likeness (QED) is 0.643. The van der Waals surface area contributed by atoms with E-state index in [-0.39, 0.29) is 28.4 Å². The lowest BCUT2D eigenvalue weighted by Gasteiger charge is -2.44. The maximum Gasteiger partial charge on any atom is 0.228 e. The zero-order valence-electron chi connectivity index (χ0n) is 20.0. The summed E-state index contributed by atoms with van der Waals surface area (Å²) in [6.45, 7) is 16.8. The number of amides is 1. The molecule has 6 nitrogen and oxygen atoms in total. The summed E-state index contributed by atoms with van der Waals surface area (Å²) >= 11 is 0. The molecule has 31 heavy (non-hydrogen) atoms. The van der Waals surface area contributed by atoms with Gasteiger partial charge in [0.1, 0.15) is 5.82 Å². The summed E-state index contributed by atoms with van der Waals surface area (Å²) in [5.41, 5.74) is 3.68. The molecule has 1 saturated carbocycles. The smallest absolute Gasteiger partial charge is 0.228 e. The van der Waals surface area contributed by atoms with Crippen molar-refractivity contribution in [3.8, 4) is 11.1 Å². The number of nitrogens with zero attached hydrogens (tertiary/aromatic N) is 3. The maximum atomic E-state index is 12.8. The van der Waals surface area contributed by atoms with Crippen LogP contribution in [0, 0.1) is 11.3 Å². The first-order valence-corrected chi connectivity index (χ1v) is 14.3. The van der Waals surface area contributed by atoms with Crippen molar-refractivity contribution < 1.29 is 9.22 Å². The van der Waals surface area contributed by atoms with E-state index in [0.717, 1.165) is 36.9 Å². The Morgan fingerprint density at radius 3 is 2.68 bits per heavy atom. The summed E-state index contributed by atoms with van der Waals surface area (Å²) in [6, 6.07) is 3.95. The van der Waals surface area contributed by atoms with Crippen LogP contribution >= 0.6 is 0 Å². The van der Waals surface area contributed by atoms with E-state index < -0.39 is 8.32 Å². The molecule has 2 aromatic rings. The van der Waals surface area contributed by atoms with E-state index in [4.69, 9.17) is 4.43 Å². The van der Waals surface area contributed by atoms with Crippen molar-refractivity contribution in [3.63, 3.8) is 0 Å². The summed E-state index contributed by atoms with van der Waals surface area (Å²) in [5.74, 6) is 0.649. The molecule has 0 unspecified atom stereocenters. The Labute approximate surface area is 186 Å². The lowest BCUT2D eigenvalue weighted by atomic mass is 9.82. The van der Waals surface area contributed by atoms with E-state index in [9.17, 15) is 4.79 Å². The molecule has 0 radical (unpaired) electrons. The lowest BCUT2D eigenvalue weighted by Crippen LogP contribution is -2.49. The summed E-state index contributed by atoms with van der Waals surface area (Å²) in [5, 5.41) is 7.77. The molecular weight excluding hydrogens is 404 g/mol. The summed E-state index contributed by atoms with van der Waals surface area (Å²) in [7, 11) is -1.79. The molecule has 1 aliphatic heterocycles. The van der Waals surface area contributed by atoms with E-state index in [1.165, 1.54) is 5.69 Å². The predicted molar refractivity (Wildman–Crippen MR) is 126 cm³/mol. The number of hydrogen-bond donors (Lipinski definition) is 1. The molecule has 0 aromatic carbocycles. The van der Waals surface area contributed by atoms with Gasteiger partial charge in [0, 0.05) is 36.0 Å². The van der Waals surface area contributed by atoms with Crippen LogP contribution in [-0.2, 0) is 22.2 Å². The molecule has 168 valence electrons. The zero-order valence-corrected chi connectivity index (χ0v) is 21.0. The van der Waals surface area contributed by atoms with Crippen LogP contribution in [-0.4, -0.2) is 35.1 Å². The van der Waals surface area contributed by atoms with Gasteiger partial charge in [-0.2, -0.15) is 5.10 Å². The number of fused-ring (bicyclic) bond motifs is 1. The Morgan fingerprint density at radius 2 is 2.00 bits per heavy atom. The van der Waals surface area contributed by atoms with Gasteiger partial charge in [-0.25, -0.2) is 4.98 Å². The van der Waals surface area contributed by atoms with Crippen LogP contribution in [0.5, 0.6) is 0 Å². The van der Waals surface area contributed by atoms with Crippen molar-refractivity contribution in [2.45, 2.75) is 84.7 Å². The van der Waals surface area contributed by atoms with Gasteiger partial charge in [-0.15, -0.1) is 0 Å². The summed E-state index contributed by atoms with van der Waals surface area (Å²) < 4.78 is 8.53. The van der Waals surface area contributed by atoms with Gasteiger partial charge in [0.2, 0.25) is 5.91 Å². The summed E-state index contributed by atoms with van der Waals surface area (Å²) in [4.78, 5) is 17.1. The highest BCUT2D eigenvalue weighted by atomic mass is 28.4. The average molecular weight is 441 g/mol. The van der Waals surface area contributed by atoms with Crippen LogP contribution in [0.3, 0.4) is 0 Å². The van der Waals surface area contributed by atoms with Gasteiger partial charge < -0.3 is 9.74 Å². The highest BCUT2D eigenvalue weighted by molar-refractivity contribution is 6.74. The molecular formula is C24H36N4O2Si. The molecule has 1 amide bonds. The molecule has 0 atom stereocenters. The van der Waals surface area contributed by atoms with Crippen molar-refractivity contribution in [1.29, 1.82) is 0 Å². The van der Waals surface area contributed by atoms with Crippen molar-refractivity contribution in [2.75, 3.05) is 5.32 Å². The van der Waals surface area contributed by atoms with Crippen LogP contribution < -0.4 is 5.32 Å². The number of nitrogens with one attached hydrogen (secondary N) is 1. The second-order valence-electron chi connectivity index (χ2n) is 11.6.